The highest BCUT2D eigenvalue weighted by Crippen LogP contribution is 2.26. The zero-order valence-electron chi connectivity index (χ0n) is 17.1. The zero-order chi connectivity index (χ0) is 22.8. The number of alkyl halides is 3. The third-order valence-corrected chi connectivity index (χ3v) is 5.41. The molecule has 3 rings (SSSR count). The molecule has 7 nitrogen and oxygen atoms in total. The van der Waals surface area contributed by atoms with Gasteiger partial charge in [0.1, 0.15) is 6.04 Å². The second-order valence-corrected chi connectivity index (χ2v) is 7.42. The molecule has 2 atom stereocenters. The number of nitrogens with zero attached hydrogens (tertiary/aromatic N) is 3. The number of carbonyl (C=O) groups excluding carboxylic acids is 3. The van der Waals surface area contributed by atoms with Gasteiger partial charge in [-0.3, -0.25) is 4.98 Å². The van der Waals surface area contributed by atoms with Gasteiger partial charge in [-0.15, -0.1) is 0 Å². The monoisotopic (exact) mass is 437 g/mol. The largest absolute Gasteiger partial charge is 0.491 e. The number of hydrogen-bond donors (Lipinski definition) is 0. The molecule has 0 radical (unpaired) electrons. The molecule has 0 bridgehead atoms. The van der Waals surface area contributed by atoms with E-state index >= 15 is 0 Å². The second kappa shape index (κ2) is 8.91. The zero-order valence-corrected chi connectivity index (χ0v) is 17.1. The van der Waals surface area contributed by atoms with Gasteiger partial charge in [0.15, 0.2) is 0 Å². The highest BCUT2D eigenvalue weighted by molar-refractivity contribution is 5.93. The van der Waals surface area contributed by atoms with E-state index in [0.29, 0.717) is 6.42 Å². The van der Waals surface area contributed by atoms with Gasteiger partial charge in [0, 0.05) is 31.2 Å². The average Bonchev–Trinajstić information content (AvgIpc) is 3.07. The smallest absolute Gasteiger partial charge is 0.385 e. The van der Waals surface area contributed by atoms with E-state index in [2.05, 4.69) is 9.72 Å². The Morgan fingerprint density at radius 2 is 1.90 bits per heavy atom. The molecule has 2 amide bonds. The Hall–Kier alpha value is -3.17. The molecule has 1 saturated heterocycles. The van der Waals surface area contributed by atoms with Crippen molar-refractivity contribution in [3.8, 4) is 0 Å². The summed E-state index contributed by atoms with van der Waals surface area (Å²) in [7, 11) is 0. The first kappa shape index (κ1) is 22.5. The molecule has 0 spiro atoms. The molecule has 2 aromatic rings. The Labute approximate surface area is 176 Å². The van der Waals surface area contributed by atoms with Crippen LogP contribution < -0.4 is 0 Å². The quantitative estimate of drug-likeness (QED) is 0.510. The maximum Gasteiger partial charge on any atom is 0.491 e. The van der Waals surface area contributed by atoms with Crippen molar-refractivity contribution in [2.45, 2.75) is 39.0 Å². The number of aromatic nitrogens is 1. The predicted molar refractivity (Wildman–Crippen MR) is 105 cm³/mol. The third-order valence-electron chi connectivity index (χ3n) is 5.41. The lowest BCUT2D eigenvalue weighted by Gasteiger charge is -2.30. The molecule has 0 unspecified atom stereocenters. The van der Waals surface area contributed by atoms with Crippen LogP contribution in [0.3, 0.4) is 0 Å². The van der Waals surface area contributed by atoms with E-state index < -0.39 is 36.1 Å². The minimum absolute atomic E-state index is 0.131. The van der Waals surface area contributed by atoms with Gasteiger partial charge in [0.05, 0.1) is 5.52 Å². The SMILES string of the molecule is CC[C@H](C)[C@@H](C(=O)OC(=O)C(F)(F)F)N1CCN(Cc2ccnc3ccccc23)C1=O. The lowest BCUT2D eigenvalue weighted by atomic mass is 9.98. The van der Waals surface area contributed by atoms with E-state index in [1.54, 1.807) is 26.1 Å². The summed E-state index contributed by atoms with van der Waals surface area (Å²) in [4.78, 5) is 43.5. The summed E-state index contributed by atoms with van der Waals surface area (Å²) in [5.41, 5.74) is 1.63. The fraction of sp³-hybridized carbons (Fsp3) is 0.429. The molecule has 0 N–H and O–H groups in total. The van der Waals surface area contributed by atoms with Crippen LogP contribution in [0.5, 0.6) is 0 Å². The van der Waals surface area contributed by atoms with E-state index in [0.717, 1.165) is 16.5 Å². The van der Waals surface area contributed by atoms with Gasteiger partial charge in [-0.05, 0) is 23.6 Å². The molecule has 0 saturated carbocycles. The first-order valence-electron chi connectivity index (χ1n) is 9.84. The maximum atomic E-state index is 13.0. The Kier molecular flexibility index (Phi) is 6.47. The lowest BCUT2D eigenvalue weighted by Crippen LogP contribution is -2.49. The number of amides is 2. The van der Waals surface area contributed by atoms with Crippen LogP contribution in [0.2, 0.25) is 0 Å². The summed E-state index contributed by atoms with van der Waals surface area (Å²) in [5, 5.41) is 0.880. The first-order valence-corrected chi connectivity index (χ1v) is 9.84. The van der Waals surface area contributed by atoms with Crippen LogP contribution in [-0.2, 0) is 20.9 Å². The second-order valence-electron chi connectivity index (χ2n) is 7.42. The Bertz CT molecular complexity index is 990. The van der Waals surface area contributed by atoms with Crippen LogP contribution in [-0.4, -0.2) is 58.1 Å². The molecule has 1 aliphatic heterocycles. The van der Waals surface area contributed by atoms with Crippen molar-refractivity contribution in [2.75, 3.05) is 13.1 Å². The van der Waals surface area contributed by atoms with Crippen LogP contribution >= 0.6 is 0 Å². The van der Waals surface area contributed by atoms with Crippen LogP contribution in [0.25, 0.3) is 10.9 Å². The van der Waals surface area contributed by atoms with Crippen molar-refractivity contribution in [3.05, 3.63) is 42.1 Å². The maximum absolute atomic E-state index is 13.0. The highest BCUT2D eigenvalue weighted by Gasteiger charge is 2.46. The van der Waals surface area contributed by atoms with Crippen LogP contribution in [0.4, 0.5) is 18.0 Å². The van der Waals surface area contributed by atoms with Crippen molar-refractivity contribution in [1.29, 1.82) is 0 Å². The van der Waals surface area contributed by atoms with E-state index in [1.165, 1.54) is 9.80 Å². The molecule has 10 heteroatoms. The van der Waals surface area contributed by atoms with E-state index in [9.17, 15) is 27.6 Å². The minimum Gasteiger partial charge on any atom is -0.385 e. The first-order chi connectivity index (χ1) is 14.6. The van der Waals surface area contributed by atoms with Gasteiger partial charge in [0.2, 0.25) is 0 Å². The number of para-hydroxylation sites is 1. The Morgan fingerprint density at radius 3 is 2.58 bits per heavy atom. The predicted octanol–water partition coefficient (Wildman–Crippen LogP) is 3.52. The number of urea groups is 1. The van der Waals surface area contributed by atoms with E-state index in [1.807, 2.05) is 24.3 Å². The topological polar surface area (TPSA) is 79.8 Å². The molecule has 1 fully saturated rings. The fourth-order valence-electron chi connectivity index (χ4n) is 3.60. The van der Waals surface area contributed by atoms with Crippen LogP contribution in [0.1, 0.15) is 25.8 Å². The van der Waals surface area contributed by atoms with Gasteiger partial charge in [-0.25, -0.2) is 14.4 Å². The standard InChI is InChI=1S/C21H22F3N3O4/c1-3-13(2)17(18(28)31-19(29)21(22,23)24)27-11-10-26(20(27)30)12-14-8-9-25-16-7-5-4-6-15(14)16/h4-9,13,17H,3,10-12H2,1-2H3/t13-,17-/m0/s1. The molecule has 2 heterocycles. The highest BCUT2D eigenvalue weighted by atomic mass is 19.4. The fourth-order valence-corrected chi connectivity index (χ4v) is 3.60. The Morgan fingerprint density at radius 1 is 1.19 bits per heavy atom. The normalized spacial score (nSPS) is 16.5. The van der Waals surface area contributed by atoms with Crippen LogP contribution in [0, 0.1) is 5.92 Å². The van der Waals surface area contributed by atoms with Crippen molar-refractivity contribution < 1.29 is 32.3 Å². The number of pyridine rings is 1. The number of halogens is 3. The van der Waals surface area contributed by atoms with Gasteiger partial charge < -0.3 is 14.5 Å². The number of benzene rings is 1. The number of rotatable bonds is 6. The average molecular weight is 437 g/mol. The van der Waals surface area contributed by atoms with Crippen LogP contribution in [0.15, 0.2) is 36.5 Å². The van der Waals surface area contributed by atoms with Crippen molar-refractivity contribution in [2.24, 2.45) is 5.92 Å². The molecule has 1 aromatic carbocycles. The number of carbonyl (C=O) groups is 3. The third kappa shape index (κ3) is 4.78. The Balaban J connectivity index is 1.79. The number of ether oxygens (including phenoxy) is 1. The van der Waals surface area contributed by atoms with E-state index in [-0.39, 0.29) is 19.6 Å². The van der Waals surface area contributed by atoms with Gasteiger partial charge in [-0.1, -0.05) is 38.5 Å². The number of fused-ring (bicyclic) bond motifs is 1. The molecule has 1 aromatic heterocycles. The van der Waals surface area contributed by atoms with Gasteiger partial charge in [-0.2, -0.15) is 13.2 Å². The number of esters is 2. The van der Waals surface area contributed by atoms with Crippen molar-refractivity contribution >= 4 is 28.9 Å². The molecule has 166 valence electrons. The summed E-state index contributed by atoms with van der Waals surface area (Å²) in [6.07, 6.45) is -3.25. The minimum atomic E-state index is -5.29. The van der Waals surface area contributed by atoms with Gasteiger partial charge >= 0.3 is 24.1 Å². The molecular weight excluding hydrogens is 415 g/mol. The summed E-state index contributed by atoms with van der Waals surface area (Å²) in [6.45, 7) is 4.02. The molecule has 31 heavy (non-hydrogen) atoms. The number of hydrogen-bond acceptors (Lipinski definition) is 5. The summed E-state index contributed by atoms with van der Waals surface area (Å²) >= 11 is 0. The van der Waals surface area contributed by atoms with Gasteiger partial charge in [0.25, 0.3) is 0 Å². The summed E-state index contributed by atoms with van der Waals surface area (Å²) in [6, 6.07) is 7.46. The molecular formula is C21H22F3N3O4. The molecule has 1 aliphatic rings. The van der Waals surface area contributed by atoms with Crippen molar-refractivity contribution in [1.82, 2.24) is 14.8 Å². The van der Waals surface area contributed by atoms with Crippen molar-refractivity contribution in [3.63, 3.8) is 0 Å². The summed E-state index contributed by atoms with van der Waals surface area (Å²) < 4.78 is 41.6. The van der Waals surface area contributed by atoms with E-state index in [4.69, 9.17) is 0 Å². The lowest BCUT2D eigenvalue weighted by molar-refractivity contribution is -0.203. The summed E-state index contributed by atoms with van der Waals surface area (Å²) in [5.74, 6) is -4.46. The molecule has 0 aliphatic carbocycles.